The first-order valence-corrected chi connectivity index (χ1v) is 13.3. The van der Waals surface area contributed by atoms with Crippen molar-refractivity contribution in [3.05, 3.63) is 70.1 Å². The average molecular weight is 536 g/mol. The Morgan fingerprint density at radius 2 is 1.72 bits per heavy atom. The van der Waals surface area contributed by atoms with Crippen LogP contribution in [0.1, 0.15) is 63.5 Å². The third-order valence-corrected chi connectivity index (χ3v) is 7.09. The minimum Gasteiger partial charge on any atom is -0.504 e. The fraction of sp³-hybridized carbons (Fsp3) is 0.419. The van der Waals surface area contributed by atoms with E-state index in [2.05, 4.69) is 5.32 Å². The van der Waals surface area contributed by atoms with Gasteiger partial charge in [-0.1, -0.05) is 26.0 Å². The molecule has 0 fully saturated rings. The molecule has 2 atom stereocenters. The van der Waals surface area contributed by atoms with E-state index in [9.17, 15) is 14.7 Å². The van der Waals surface area contributed by atoms with Gasteiger partial charge in [-0.15, -0.1) is 0 Å². The molecule has 0 bridgehead atoms. The van der Waals surface area contributed by atoms with Crippen LogP contribution in [0.2, 0.25) is 0 Å². The number of hydrogen-bond donors (Lipinski definition) is 2. The molecule has 39 heavy (non-hydrogen) atoms. The van der Waals surface area contributed by atoms with Crippen LogP contribution in [0.4, 0.5) is 0 Å². The molecule has 4 rings (SSSR count). The number of ether oxygens (including phenoxy) is 4. The van der Waals surface area contributed by atoms with Crippen LogP contribution in [0, 0.1) is 5.92 Å². The minimum absolute atomic E-state index is 0.00291. The summed E-state index contributed by atoms with van der Waals surface area (Å²) in [4.78, 5) is 27.3. The second-order valence-corrected chi connectivity index (χ2v) is 10.3. The van der Waals surface area contributed by atoms with Gasteiger partial charge in [0.25, 0.3) is 0 Å². The lowest BCUT2D eigenvalue weighted by atomic mass is 9.71. The lowest BCUT2D eigenvalue weighted by Crippen LogP contribution is -2.36. The van der Waals surface area contributed by atoms with Gasteiger partial charge in [0.05, 0.1) is 33.0 Å². The van der Waals surface area contributed by atoms with Crippen LogP contribution >= 0.6 is 0 Å². The molecule has 1 heterocycles. The molecule has 2 aromatic rings. The van der Waals surface area contributed by atoms with Gasteiger partial charge < -0.3 is 29.4 Å². The van der Waals surface area contributed by atoms with E-state index in [0.717, 1.165) is 11.3 Å². The summed E-state index contributed by atoms with van der Waals surface area (Å²) in [7, 11) is 3.17. The van der Waals surface area contributed by atoms with Gasteiger partial charge in [-0.3, -0.25) is 4.79 Å². The van der Waals surface area contributed by atoms with Crippen LogP contribution in [-0.4, -0.2) is 44.3 Å². The number of allylic oxidation sites excluding steroid dienone is 3. The van der Waals surface area contributed by atoms with Crippen molar-refractivity contribution in [3.63, 3.8) is 0 Å². The van der Waals surface area contributed by atoms with Gasteiger partial charge in [0.2, 0.25) is 0 Å². The first-order valence-electron chi connectivity index (χ1n) is 13.3. The number of methoxy groups -OCH3 is 2. The summed E-state index contributed by atoms with van der Waals surface area (Å²) in [5, 5.41) is 13.7. The maximum absolute atomic E-state index is 13.9. The van der Waals surface area contributed by atoms with Gasteiger partial charge in [-0.2, -0.15) is 0 Å². The zero-order valence-corrected chi connectivity index (χ0v) is 23.4. The number of carbonyl (C=O) groups excluding carboxylic acids is 2. The normalized spacial score (nSPS) is 19.0. The van der Waals surface area contributed by atoms with E-state index in [1.165, 1.54) is 6.07 Å². The summed E-state index contributed by atoms with van der Waals surface area (Å²) >= 11 is 0. The third-order valence-electron chi connectivity index (χ3n) is 7.09. The standard InChI is InChI=1S/C31H37NO7/c1-7-38-26-15-20(8-10-23(26)33)29-28(31(35)39-16-17(2)3)18(4)32-22-12-21(13-24(34)30(22)29)19-9-11-25(36-5)27(14-19)37-6/h8-11,14-15,17,21,29,32-33H,7,12-13,16H2,1-6H3/t21-,29-/m0/s1. The number of dihydropyridines is 1. The molecule has 0 amide bonds. The third kappa shape index (κ3) is 5.75. The Bertz CT molecular complexity index is 1320. The Morgan fingerprint density at radius 3 is 2.38 bits per heavy atom. The first-order chi connectivity index (χ1) is 18.7. The molecule has 2 aliphatic rings. The molecule has 8 nitrogen and oxygen atoms in total. The Morgan fingerprint density at radius 1 is 1.03 bits per heavy atom. The van der Waals surface area contributed by atoms with Crippen molar-refractivity contribution < 1.29 is 33.6 Å². The molecule has 0 unspecified atom stereocenters. The second-order valence-electron chi connectivity index (χ2n) is 10.3. The van der Waals surface area contributed by atoms with Gasteiger partial charge >= 0.3 is 5.97 Å². The fourth-order valence-corrected chi connectivity index (χ4v) is 5.29. The molecule has 2 aromatic carbocycles. The number of phenolic OH excluding ortho intramolecular Hbond substituents is 1. The van der Waals surface area contributed by atoms with E-state index in [1.807, 2.05) is 45.9 Å². The SMILES string of the molecule is CCOc1cc([C@H]2C(C(=O)OCC(C)C)=C(C)NC3=C2C(=O)C[C@@H](c2ccc(OC)c(OC)c2)C3)ccc1O. The summed E-state index contributed by atoms with van der Waals surface area (Å²) in [6.07, 6.45) is 0.853. The van der Waals surface area contributed by atoms with Crippen LogP contribution in [0.15, 0.2) is 58.9 Å². The van der Waals surface area contributed by atoms with Gasteiger partial charge in [-0.25, -0.2) is 4.79 Å². The highest BCUT2D eigenvalue weighted by Crippen LogP contribution is 2.47. The Hall–Kier alpha value is -3.94. The van der Waals surface area contributed by atoms with Crippen LogP contribution < -0.4 is 19.5 Å². The minimum atomic E-state index is -0.653. The predicted octanol–water partition coefficient (Wildman–Crippen LogP) is 5.37. The quantitative estimate of drug-likeness (QED) is 0.413. The van der Waals surface area contributed by atoms with Gasteiger partial charge in [0.15, 0.2) is 28.8 Å². The van der Waals surface area contributed by atoms with Crippen molar-refractivity contribution in [1.82, 2.24) is 5.32 Å². The number of ketones is 1. The molecule has 8 heteroatoms. The highest BCUT2D eigenvalue weighted by molar-refractivity contribution is 6.04. The number of esters is 1. The van der Waals surface area contributed by atoms with Gasteiger partial charge in [0.1, 0.15) is 0 Å². The monoisotopic (exact) mass is 535 g/mol. The molecule has 0 saturated heterocycles. The lowest BCUT2D eigenvalue weighted by Gasteiger charge is -2.37. The molecule has 2 N–H and O–H groups in total. The summed E-state index contributed by atoms with van der Waals surface area (Å²) in [5.74, 6) is 0.440. The van der Waals surface area contributed by atoms with E-state index in [4.69, 9.17) is 18.9 Å². The largest absolute Gasteiger partial charge is 0.504 e. The van der Waals surface area contributed by atoms with Gasteiger partial charge in [0, 0.05) is 29.3 Å². The highest BCUT2D eigenvalue weighted by atomic mass is 16.5. The zero-order valence-electron chi connectivity index (χ0n) is 23.4. The van der Waals surface area contributed by atoms with E-state index in [0.29, 0.717) is 52.7 Å². The molecule has 1 aliphatic heterocycles. The van der Waals surface area contributed by atoms with Crippen molar-refractivity contribution in [1.29, 1.82) is 0 Å². The van der Waals surface area contributed by atoms with E-state index in [1.54, 1.807) is 26.4 Å². The Kier molecular flexibility index (Phi) is 8.53. The maximum Gasteiger partial charge on any atom is 0.336 e. The lowest BCUT2D eigenvalue weighted by molar-refractivity contribution is -0.140. The maximum atomic E-state index is 13.9. The predicted molar refractivity (Wildman–Crippen MR) is 147 cm³/mol. The second kappa shape index (κ2) is 11.8. The van der Waals surface area contributed by atoms with Crippen molar-refractivity contribution in [2.24, 2.45) is 5.92 Å². The Balaban J connectivity index is 1.79. The van der Waals surface area contributed by atoms with Crippen molar-refractivity contribution in [2.75, 3.05) is 27.4 Å². The zero-order chi connectivity index (χ0) is 28.3. The molecule has 1 aliphatic carbocycles. The van der Waals surface area contributed by atoms with Crippen molar-refractivity contribution >= 4 is 11.8 Å². The fourth-order valence-electron chi connectivity index (χ4n) is 5.29. The van der Waals surface area contributed by atoms with Gasteiger partial charge in [-0.05, 0) is 67.5 Å². The number of hydrogen-bond acceptors (Lipinski definition) is 8. The molecule has 0 radical (unpaired) electrons. The number of benzene rings is 2. The van der Waals surface area contributed by atoms with Crippen molar-refractivity contribution in [3.8, 4) is 23.0 Å². The van der Waals surface area contributed by atoms with Crippen LogP contribution in [0.25, 0.3) is 0 Å². The molecule has 0 spiro atoms. The number of Topliss-reactive ketones (excluding diaryl/α,β-unsaturated/α-hetero) is 1. The smallest absolute Gasteiger partial charge is 0.336 e. The molecular weight excluding hydrogens is 498 g/mol. The average Bonchev–Trinajstić information content (AvgIpc) is 2.91. The van der Waals surface area contributed by atoms with Crippen molar-refractivity contribution in [2.45, 2.75) is 52.4 Å². The van der Waals surface area contributed by atoms with Crippen LogP contribution in [-0.2, 0) is 14.3 Å². The molecular formula is C31H37NO7. The van der Waals surface area contributed by atoms with E-state index < -0.39 is 11.9 Å². The number of carbonyl (C=O) groups is 2. The summed E-state index contributed by atoms with van der Waals surface area (Å²) in [5.41, 5.74) is 4.00. The number of rotatable bonds is 9. The molecule has 0 saturated carbocycles. The molecule has 208 valence electrons. The van der Waals surface area contributed by atoms with Crippen LogP contribution in [0.3, 0.4) is 0 Å². The van der Waals surface area contributed by atoms with Crippen LogP contribution in [0.5, 0.6) is 23.0 Å². The molecule has 0 aromatic heterocycles. The highest BCUT2D eigenvalue weighted by Gasteiger charge is 2.42. The van der Waals surface area contributed by atoms with E-state index >= 15 is 0 Å². The topological polar surface area (TPSA) is 103 Å². The number of nitrogens with one attached hydrogen (secondary N) is 1. The summed E-state index contributed by atoms with van der Waals surface area (Å²) in [6.45, 7) is 8.23. The summed E-state index contributed by atoms with van der Waals surface area (Å²) in [6, 6.07) is 10.7. The number of aromatic hydroxyl groups is 1. The number of phenols is 1. The van der Waals surface area contributed by atoms with E-state index in [-0.39, 0.29) is 36.4 Å². The summed E-state index contributed by atoms with van der Waals surface area (Å²) < 4.78 is 22.1. The Labute approximate surface area is 229 Å². The first kappa shape index (κ1) is 28.1.